The molecule has 0 bridgehead atoms. The van der Waals surface area contributed by atoms with Crippen molar-refractivity contribution in [3.8, 4) is 23.0 Å². The smallest absolute Gasteiger partial charge is 0.419 e. The number of piperidine rings is 1. The quantitative estimate of drug-likeness (QED) is 0.175. The number of pyridine rings is 1. The van der Waals surface area contributed by atoms with Crippen molar-refractivity contribution in [3.05, 3.63) is 70.8 Å². The lowest BCUT2D eigenvalue weighted by Gasteiger charge is -2.30. The number of nitrogens with zero attached hydrogens (tertiary/aromatic N) is 3. The number of halogens is 3. The summed E-state index contributed by atoms with van der Waals surface area (Å²) in [7, 11) is 2.09. The number of imidazole rings is 1. The van der Waals surface area contributed by atoms with Gasteiger partial charge >= 0.3 is 6.18 Å². The number of fused-ring (bicyclic) bond motifs is 2. The van der Waals surface area contributed by atoms with Gasteiger partial charge in [-0.3, -0.25) is 4.79 Å². The Morgan fingerprint density at radius 1 is 1.19 bits per heavy atom. The Labute approximate surface area is 243 Å². The molecule has 1 atom stereocenters. The lowest BCUT2D eigenvalue weighted by Crippen LogP contribution is -2.31. The third kappa shape index (κ3) is 5.77. The molecule has 0 amide bonds. The number of ether oxygens (including phenoxy) is 1. The second-order valence-corrected chi connectivity index (χ2v) is 10.9. The van der Waals surface area contributed by atoms with E-state index in [0.29, 0.717) is 22.1 Å². The number of hydrogen-bond acceptors (Lipinski definition) is 7. The highest BCUT2D eigenvalue weighted by Crippen LogP contribution is 2.37. The standard InChI is InChI=1S/C30H31F3N6O4/c1-38-10-7-18(8-11-38)39-15-17-12-23-24(13-20(17)29(39)42)37-27(36-23)26-22(6-9-34-28(26)41)35-14-19(40)16-43-25-5-3-2-4-21(25)30(31,32)33/h2-6,9,12-13,15,18-19,40,42H,7-8,10-11,14,16H2,1H3,(H,36,37)(H2,34,35,41)/t19-/m1/s1. The summed E-state index contributed by atoms with van der Waals surface area (Å²) in [5.41, 5.74) is 0.426. The van der Waals surface area contributed by atoms with Gasteiger partial charge < -0.3 is 39.7 Å². The number of hydrogen-bond donors (Lipinski definition) is 5. The molecule has 10 nitrogen and oxygen atoms in total. The minimum absolute atomic E-state index is 0.107. The highest BCUT2D eigenvalue weighted by molar-refractivity contribution is 5.99. The summed E-state index contributed by atoms with van der Waals surface area (Å²) in [4.78, 5) is 25.6. The van der Waals surface area contributed by atoms with Crippen molar-refractivity contribution < 1.29 is 28.1 Å². The summed E-state index contributed by atoms with van der Waals surface area (Å²) < 4.78 is 46.9. The van der Waals surface area contributed by atoms with Crippen LogP contribution in [0.5, 0.6) is 11.6 Å². The van der Waals surface area contributed by atoms with Crippen LogP contribution in [0.15, 0.2) is 59.7 Å². The van der Waals surface area contributed by atoms with Gasteiger partial charge in [0.15, 0.2) is 5.88 Å². The minimum atomic E-state index is -4.59. The van der Waals surface area contributed by atoms with Crippen molar-refractivity contribution in [2.24, 2.45) is 0 Å². The number of benzene rings is 2. The summed E-state index contributed by atoms with van der Waals surface area (Å²) in [6.07, 6.45) is -0.507. The number of nitrogens with one attached hydrogen (secondary N) is 3. The largest absolute Gasteiger partial charge is 0.494 e. The highest BCUT2D eigenvalue weighted by atomic mass is 19.4. The predicted octanol–water partition coefficient (Wildman–Crippen LogP) is 4.72. The number of H-pyrrole nitrogens is 2. The van der Waals surface area contributed by atoms with E-state index >= 15 is 0 Å². The number of aliphatic hydroxyl groups is 1. The molecule has 0 radical (unpaired) electrons. The molecule has 43 heavy (non-hydrogen) atoms. The van der Waals surface area contributed by atoms with E-state index in [1.54, 1.807) is 12.1 Å². The Morgan fingerprint density at radius 3 is 2.72 bits per heavy atom. The summed E-state index contributed by atoms with van der Waals surface area (Å²) >= 11 is 0. The first-order valence-electron chi connectivity index (χ1n) is 13.9. The third-order valence-corrected chi connectivity index (χ3v) is 7.85. The van der Waals surface area contributed by atoms with Gasteiger partial charge in [0.2, 0.25) is 0 Å². The van der Waals surface area contributed by atoms with Crippen molar-refractivity contribution in [1.82, 2.24) is 24.4 Å². The van der Waals surface area contributed by atoms with E-state index in [1.165, 1.54) is 24.4 Å². The molecule has 1 aliphatic rings. The summed E-state index contributed by atoms with van der Waals surface area (Å²) in [5, 5.41) is 26.0. The van der Waals surface area contributed by atoms with Crippen LogP contribution in [0.25, 0.3) is 33.2 Å². The van der Waals surface area contributed by atoms with Gasteiger partial charge in [-0.2, -0.15) is 13.2 Å². The molecule has 1 saturated heterocycles. The van der Waals surface area contributed by atoms with Gasteiger partial charge in [-0.1, -0.05) is 12.1 Å². The maximum absolute atomic E-state index is 13.2. The lowest BCUT2D eigenvalue weighted by molar-refractivity contribution is -0.139. The summed E-state index contributed by atoms with van der Waals surface area (Å²) in [5.74, 6) is 0.0829. The molecule has 0 unspecified atom stereocenters. The molecule has 226 valence electrons. The molecule has 5 aromatic rings. The van der Waals surface area contributed by atoms with Crippen molar-refractivity contribution in [2.45, 2.75) is 31.2 Å². The van der Waals surface area contributed by atoms with Crippen molar-refractivity contribution in [2.75, 3.05) is 38.6 Å². The second kappa shape index (κ2) is 11.3. The molecule has 0 spiro atoms. The SMILES string of the molecule is CN1CCC(n2cc3cc4[nH]c(-c5c(NC[C@@H](O)COc6ccccc6C(F)(F)F)cc[nH]c5=O)nc4cc3c2O)CC1. The van der Waals surface area contributed by atoms with Crippen molar-refractivity contribution in [3.63, 3.8) is 0 Å². The van der Waals surface area contributed by atoms with Crippen molar-refractivity contribution in [1.29, 1.82) is 0 Å². The number of likely N-dealkylation sites (tertiary alicyclic amines) is 1. The van der Waals surface area contributed by atoms with Gasteiger partial charge in [-0.25, -0.2) is 4.98 Å². The van der Waals surface area contributed by atoms with E-state index in [4.69, 9.17) is 4.74 Å². The van der Waals surface area contributed by atoms with E-state index in [0.717, 1.165) is 37.4 Å². The average molecular weight is 597 g/mol. The molecule has 0 aliphatic carbocycles. The van der Waals surface area contributed by atoms with E-state index < -0.39 is 30.0 Å². The van der Waals surface area contributed by atoms with Crippen LogP contribution in [-0.4, -0.2) is 74.0 Å². The molecule has 4 heterocycles. The Balaban J connectivity index is 1.20. The zero-order valence-corrected chi connectivity index (χ0v) is 23.3. The Hall–Kier alpha value is -4.49. The lowest BCUT2D eigenvalue weighted by atomic mass is 10.1. The topological polar surface area (TPSA) is 131 Å². The van der Waals surface area contributed by atoms with E-state index in [2.05, 4.69) is 32.2 Å². The molecule has 0 saturated carbocycles. The van der Waals surface area contributed by atoms with Gasteiger partial charge in [0.25, 0.3) is 5.56 Å². The number of aromatic amines is 2. The van der Waals surface area contributed by atoms with Crippen LogP contribution >= 0.6 is 0 Å². The molecule has 3 aromatic heterocycles. The van der Waals surface area contributed by atoms with Gasteiger partial charge in [-0.05, 0) is 63.3 Å². The van der Waals surface area contributed by atoms with Crippen LogP contribution in [0.1, 0.15) is 24.4 Å². The number of anilines is 1. The number of aromatic hydroxyl groups is 1. The Bertz CT molecular complexity index is 1820. The fourth-order valence-electron chi connectivity index (χ4n) is 5.55. The van der Waals surface area contributed by atoms with Gasteiger partial charge in [-0.15, -0.1) is 0 Å². The monoisotopic (exact) mass is 596 g/mol. The fourth-order valence-corrected chi connectivity index (χ4v) is 5.55. The molecular formula is C30H31F3N6O4. The van der Waals surface area contributed by atoms with E-state index in [1.807, 2.05) is 16.8 Å². The van der Waals surface area contributed by atoms with Crippen LogP contribution in [0.4, 0.5) is 18.9 Å². The maximum atomic E-state index is 13.2. The zero-order valence-electron chi connectivity index (χ0n) is 23.3. The third-order valence-electron chi connectivity index (χ3n) is 7.85. The normalized spacial score (nSPS) is 15.7. The molecule has 1 fully saturated rings. The molecule has 5 N–H and O–H groups in total. The summed E-state index contributed by atoms with van der Waals surface area (Å²) in [6.45, 7) is 1.41. The maximum Gasteiger partial charge on any atom is 0.419 e. The number of rotatable bonds is 8. The second-order valence-electron chi connectivity index (χ2n) is 10.9. The van der Waals surface area contributed by atoms with Gasteiger partial charge in [0, 0.05) is 35.8 Å². The summed E-state index contributed by atoms with van der Waals surface area (Å²) in [6, 6.07) is 10.3. The Morgan fingerprint density at radius 2 is 1.95 bits per heavy atom. The highest BCUT2D eigenvalue weighted by Gasteiger charge is 2.34. The van der Waals surface area contributed by atoms with Gasteiger partial charge in [0.05, 0.1) is 22.3 Å². The first-order valence-corrected chi connectivity index (χ1v) is 13.9. The molecule has 1 aliphatic heterocycles. The van der Waals surface area contributed by atoms with E-state index in [9.17, 15) is 28.2 Å². The zero-order chi connectivity index (χ0) is 30.3. The molecular weight excluding hydrogens is 565 g/mol. The molecule has 13 heteroatoms. The molecule has 2 aromatic carbocycles. The molecule has 6 rings (SSSR count). The van der Waals surface area contributed by atoms with Crippen LogP contribution in [0.2, 0.25) is 0 Å². The van der Waals surface area contributed by atoms with Crippen LogP contribution < -0.4 is 15.6 Å². The number of aliphatic hydroxyl groups excluding tert-OH is 1. The predicted molar refractivity (Wildman–Crippen MR) is 157 cm³/mol. The number of alkyl halides is 3. The van der Waals surface area contributed by atoms with Crippen molar-refractivity contribution >= 4 is 27.5 Å². The fraction of sp³-hybridized carbons (Fsp3) is 0.333. The van der Waals surface area contributed by atoms with Crippen LogP contribution in [-0.2, 0) is 6.18 Å². The van der Waals surface area contributed by atoms with Gasteiger partial charge in [0.1, 0.15) is 29.8 Å². The first kappa shape index (κ1) is 28.6. The van der Waals surface area contributed by atoms with E-state index in [-0.39, 0.29) is 35.6 Å². The van der Waals surface area contributed by atoms with Crippen LogP contribution in [0.3, 0.4) is 0 Å². The Kier molecular flexibility index (Phi) is 7.52. The first-order chi connectivity index (χ1) is 20.6. The average Bonchev–Trinajstić information content (AvgIpc) is 3.53. The number of aromatic nitrogens is 4. The minimum Gasteiger partial charge on any atom is -0.494 e. The number of para-hydroxylation sites is 1. The van der Waals surface area contributed by atoms with Crippen LogP contribution in [0, 0.1) is 0 Å².